The van der Waals surface area contributed by atoms with E-state index in [0.29, 0.717) is 0 Å². The number of hydrogen-bond donors (Lipinski definition) is 0. The maximum atomic E-state index is 5.20. The Morgan fingerprint density at radius 1 is 0.281 bits per heavy atom. The summed E-state index contributed by atoms with van der Waals surface area (Å²) in [5.41, 5.74) is 27.7. The van der Waals surface area contributed by atoms with Crippen LogP contribution >= 0.6 is 0 Å². The second-order valence-electron chi connectivity index (χ2n) is 26.3. The second kappa shape index (κ2) is 30.3. The van der Waals surface area contributed by atoms with Crippen molar-refractivity contribution in [2.45, 2.75) is 154 Å². The highest BCUT2D eigenvalue weighted by Gasteiger charge is 2.15. The SMILES string of the molecule is CCn1c2ccccc2c2c(C)cccc21.CCn1c2ccccc2c2cc(C)ccc21.CCn1c2ccccc2c2ccc(C)cc21.CCn1c2ccccc2c2cccc(C)c21.Cc1ccc2c(c1)CCCC2.Cc1cccc2c1CCCC2.Cc1cccc2occc12. The molecule has 0 amide bonds. The van der Waals surface area contributed by atoms with E-state index < -0.39 is 0 Å². The summed E-state index contributed by atoms with van der Waals surface area (Å²) in [6, 6.07) is 82.7. The Kier molecular flexibility index (Phi) is 20.9. The first-order chi connectivity index (χ1) is 46.9. The molecule has 5 heteroatoms. The zero-order chi connectivity index (χ0) is 66.8. The molecule has 96 heavy (non-hydrogen) atoms. The molecule has 486 valence electrons. The van der Waals surface area contributed by atoms with E-state index in [9.17, 15) is 0 Å². The fraction of sp³-hybridized carbons (Fsp3) is 0.253. The van der Waals surface area contributed by atoms with Gasteiger partial charge in [0.2, 0.25) is 0 Å². The number of fused-ring (bicyclic) bond motifs is 15. The second-order valence-corrected chi connectivity index (χ2v) is 26.3. The molecule has 0 N–H and O–H groups in total. The summed E-state index contributed by atoms with van der Waals surface area (Å²) < 4.78 is 14.8. The minimum Gasteiger partial charge on any atom is -0.464 e. The van der Waals surface area contributed by atoms with Crippen LogP contribution in [0, 0.1) is 48.5 Å². The first-order valence-electron chi connectivity index (χ1n) is 35.4. The summed E-state index contributed by atoms with van der Waals surface area (Å²) in [5, 5.41) is 12.2. The van der Waals surface area contributed by atoms with Crippen LogP contribution < -0.4 is 0 Å². The molecule has 0 radical (unpaired) electrons. The van der Waals surface area contributed by atoms with Crippen molar-refractivity contribution in [2.75, 3.05) is 0 Å². The van der Waals surface area contributed by atoms with Crippen molar-refractivity contribution in [1.82, 2.24) is 18.3 Å². The van der Waals surface area contributed by atoms with Gasteiger partial charge < -0.3 is 22.7 Å². The number of benzene rings is 11. The van der Waals surface area contributed by atoms with Gasteiger partial charge in [-0.25, -0.2) is 0 Å². The van der Waals surface area contributed by atoms with Crippen LogP contribution in [0.25, 0.3) is 98.2 Å². The molecule has 2 aliphatic rings. The molecule has 5 aromatic heterocycles. The van der Waals surface area contributed by atoms with Gasteiger partial charge in [-0.15, -0.1) is 0 Å². The number of rotatable bonds is 4. The first-order valence-corrected chi connectivity index (χ1v) is 35.4. The molecular weight excluding hydrogens is 1170 g/mol. The minimum atomic E-state index is 0.972. The summed E-state index contributed by atoms with van der Waals surface area (Å²) >= 11 is 0. The fourth-order valence-electron chi connectivity index (χ4n) is 15.2. The summed E-state index contributed by atoms with van der Waals surface area (Å²) in [4.78, 5) is 0. The molecule has 0 aliphatic heterocycles. The number of nitrogens with zero attached hydrogens (tertiary/aromatic N) is 4. The van der Waals surface area contributed by atoms with Gasteiger partial charge in [-0.2, -0.15) is 0 Å². The number of aromatic nitrogens is 4. The molecule has 5 heterocycles. The van der Waals surface area contributed by atoms with Crippen LogP contribution in [0.3, 0.4) is 0 Å². The molecule has 0 spiro atoms. The number of furan rings is 1. The molecule has 5 nitrogen and oxygen atoms in total. The molecule has 0 fully saturated rings. The van der Waals surface area contributed by atoms with Crippen LogP contribution in [0.2, 0.25) is 0 Å². The topological polar surface area (TPSA) is 32.9 Å². The van der Waals surface area contributed by atoms with Gasteiger partial charge in [-0.1, -0.05) is 181 Å². The van der Waals surface area contributed by atoms with Gasteiger partial charge in [-0.05, 0) is 238 Å². The van der Waals surface area contributed by atoms with Gasteiger partial charge >= 0.3 is 0 Å². The lowest BCUT2D eigenvalue weighted by molar-refractivity contribution is 0.616. The molecule has 16 aromatic rings. The van der Waals surface area contributed by atoms with E-state index in [2.05, 4.69) is 307 Å². The Bertz CT molecular complexity index is 5310. The summed E-state index contributed by atoms with van der Waals surface area (Å²) in [6.07, 6.45) is 12.5. The van der Waals surface area contributed by atoms with Crippen LogP contribution in [0.5, 0.6) is 0 Å². The van der Waals surface area contributed by atoms with Crippen molar-refractivity contribution in [2.24, 2.45) is 0 Å². The van der Waals surface area contributed by atoms with Gasteiger partial charge in [-0.3, -0.25) is 0 Å². The third-order valence-electron chi connectivity index (χ3n) is 20.0. The van der Waals surface area contributed by atoms with E-state index in [0.717, 1.165) is 31.8 Å². The Hall–Kier alpha value is -9.84. The van der Waals surface area contributed by atoms with Crippen molar-refractivity contribution in [1.29, 1.82) is 0 Å². The minimum absolute atomic E-state index is 0.972. The fourth-order valence-corrected chi connectivity index (χ4v) is 15.2. The predicted molar refractivity (Wildman–Crippen MR) is 416 cm³/mol. The van der Waals surface area contributed by atoms with E-state index in [1.165, 1.54) is 183 Å². The third-order valence-corrected chi connectivity index (χ3v) is 20.0. The maximum Gasteiger partial charge on any atom is 0.134 e. The molecule has 0 bridgehead atoms. The van der Waals surface area contributed by atoms with E-state index in [1.54, 1.807) is 28.5 Å². The highest BCUT2D eigenvalue weighted by molar-refractivity contribution is 6.11. The normalized spacial score (nSPS) is 12.4. The van der Waals surface area contributed by atoms with Gasteiger partial charge in [0.15, 0.2) is 0 Å². The van der Waals surface area contributed by atoms with E-state index >= 15 is 0 Å². The van der Waals surface area contributed by atoms with Gasteiger partial charge in [0.1, 0.15) is 5.58 Å². The van der Waals surface area contributed by atoms with Crippen molar-refractivity contribution in [3.05, 3.63) is 298 Å². The first kappa shape index (κ1) is 66.2. The lowest BCUT2D eigenvalue weighted by Crippen LogP contribution is -2.03. The maximum absolute atomic E-state index is 5.20. The summed E-state index contributed by atoms with van der Waals surface area (Å²) in [6.45, 7) is 28.1. The molecule has 2 aliphatic carbocycles. The molecule has 11 aromatic carbocycles. The number of aryl methyl sites for hydroxylation is 14. The zero-order valence-electron chi connectivity index (χ0n) is 58.7. The molecule has 0 atom stereocenters. The molecule has 0 saturated carbocycles. The van der Waals surface area contributed by atoms with Crippen LogP contribution in [0.1, 0.15) is 115 Å². The van der Waals surface area contributed by atoms with Crippen LogP contribution in [-0.2, 0) is 51.9 Å². The Balaban J connectivity index is 0.000000108. The smallest absolute Gasteiger partial charge is 0.134 e. The van der Waals surface area contributed by atoms with Crippen molar-refractivity contribution < 1.29 is 4.42 Å². The van der Waals surface area contributed by atoms with Gasteiger partial charge in [0.25, 0.3) is 0 Å². The van der Waals surface area contributed by atoms with Gasteiger partial charge in [0, 0.05) is 113 Å². The highest BCUT2D eigenvalue weighted by Crippen LogP contribution is 2.35. The molecule has 0 saturated heterocycles. The third kappa shape index (κ3) is 13.8. The lowest BCUT2D eigenvalue weighted by Gasteiger charge is -2.17. The van der Waals surface area contributed by atoms with Crippen LogP contribution in [0.15, 0.2) is 241 Å². The Morgan fingerprint density at radius 3 is 1.41 bits per heavy atom. The Labute approximate surface area is 569 Å². The van der Waals surface area contributed by atoms with Gasteiger partial charge in [0.05, 0.1) is 11.8 Å². The number of hydrogen-bond acceptors (Lipinski definition) is 1. The average molecular weight is 1260 g/mol. The summed E-state index contributed by atoms with van der Waals surface area (Å²) in [5.74, 6) is 0. The Morgan fingerprint density at radius 2 is 0.729 bits per heavy atom. The van der Waals surface area contributed by atoms with Crippen molar-refractivity contribution in [3.63, 3.8) is 0 Å². The summed E-state index contributed by atoms with van der Waals surface area (Å²) in [7, 11) is 0. The van der Waals surface area contributed by atoms with Crippen LogP contribution in [0.4, 0.5) is 0 Å². The van der Waals surface area contributed by atoms with Crippen LogP contribution in [-0.4, -0.2) is 18.3 Å². The monoisotopic (exact) mass is 1260 g/mol. The van der Waals surface area contributed by atoms with Crippen molar-refractivity contribution in [3.8, 4) is 0 Å². The number of para-hydroxylation sites is 5. The standard InChI is InChI=1S/4C15H15N.2C11H14.C9H8O/c1-3-16-14-10-5-4-8-12(14)13-9-6-7-11(2)15(13)16;1-3-16-13-9-5-4-8-12(13)15-11(2)7-6-10-14(15)16;1-3-16-14-7-5-4-6-12(14)13-10-11(2)8-9-15(13)16;1-3-16-14-7-5-4-6-12(14)13-9-8-11(2)10-15(13)16;1-9-5-4-7-10-6-2-3-8-11(9)10;1-9-6-7-10-4-2-3-5-11(10)8-9;1-7-3-2-4-9-8(7)5-6-10-9/h4*4-10H,3H2,1-2H3;4-5,7H,2-3,6,8H2,1H3;6-8H,2-5H2,1H3;2-6H,1H3. The molecule has 18 rings (SSSR count). The quantitative estimate of drug-likeness (QED) is 0.173. The molecule has 0 unspecified atom stereocenters. The molecular formula is C91H96N4O. The highest BCUT2D eigenvalue weighted by atomic mass is 16.3. The predicted octanol–water partition coefficient (Wildman–Crippen LogP) is 25.0. The lowest BCUT2D eigenvalue weighted by atomic mass is 9.89. The van der Waals surface area contributed by atoms with E-state index in [-0.39, 0.29) is 0 Å². The van der Waals surface area contributed by atoms with E-state index in [1.807, 2.05) is 18.2 Å². The zero-order valence-corrected chi connectivity index (χ0v) is 58.7. The van der Waals surface area contributed by atoms with E-state index in [4.69, 9.17) is 4.42 Å². The largest absolute Gasteiger partial charge is 0.464 e. The van der Waals surface area contributed by atoms with Crippen molar-refractivity contribution >= 4 is 98.2 Å². The average Bonchev–Trinajstić information content (AvgIpc) is 1.64.